The zero-order valence-electron chi connectivity index (χ0n) is 19.2. The lowest BCUT2D eigenvalue weighted by Crippen LogP contribution is -2.33. The van der Waals surface area contributed by atoms with E-state index in [2.05, 4.69) is 158 Å². The molecule has 0 amide bonds. The molecule has 1 heteroatoms. The van der Waals surface area contributed by atoms with Gasteiger partial charge in [-0.3, -0.25) is 0 Å². The van der Waals surface area contributed by atoms with Crippen molar-refractivity contribution in [1.82, 2.24) is 0 Å². The standard InChI is InChI=1S/C33H28P/c1-6-16-28(17-7-1)26-30(29-18-8-2-9-19-29)27-34(31-20-10-3-11-21-31,32-22-12-4-13-23-32)33-24-14-5-15-25-33/h1-26H,27H2/q+1/b30-26+. The zero-order chi connectivity index (χ0) is 23.1. The molecule has 0 atom stereocenters. The summed E-state index contributed by atoms with van der Waals surface area (Å²) in [6, 6.07) is 54.9. The van der Waals surface area contributed by atoms with Gasteiger partial charge in [0.2, 0.25) is 0 Å². The van der Waals surface area contributed by atoms with Crippen molar-refractivity contribution in [1.29, 1.82) is 0 Å². The summed E-state index contributed by atoms with van der Waals surface area (Å²) in [5.74, 6) is 0. The fourth-order valence-electron chi connectivity index (χ4n) is 4.65. The van der Waals surface area contributed by atoms with Gasteiger partial charge in [-0.05, 0) is 59.2 Å². The van der Waals surface area contributed by atoms with Crippen LogP contribution < -0.4 is 15.9 Å². The first-order chi connectivity index (χ1) is 16.9. The Morgan fingerprint density at radius 1 is 0.441 bits per heavy atom. The van der Waals surface area contributed by atoms with E-state index in [-0.39, 0.29) is 0 Å². The normalized spacial score (nSPS) is 11.8. The molecule has 0 aromatic heterocycles. The van der Waals surface area contributed by atoms with Gasteiger partial charge in [0, 0.05) is 0 Å². The molecule has 0 saturated heterocycles. The maximum absolute atomic E-state index is 2.37. The highest BCUT2D eigenvalue weighted by Gasteiger charge is 2.46. The summed E-state index contributed by atoms with van der Waals surface area (Å²) in [5.41, 5.74) is 3.86. The highest BCUT2D eigenvalue weighted by Crippen LogP contribution is 2.57. The molecule has 0 N–H and O–H groups in total. The Hall–Kier alpha value is -3.73. The molecule has 0 bridgehead atoms. The average molecular weight is 456 g/mol. The van der Waals surface area contributed by atoms with Crippen LogP contribution in [0, 0.1) is 0 Å². The van der Waals surface area contributed by atoms with Gasteiger partial charge in [0.25, 0.3) is 0 Å². The zero-order valence-corrected chi connectivity index (χ0v) is 20.1. The summed E-state index contributed by atoms with van der Waals surface area (Å²) in [7, 11) is -1.98. The average Bonchev–Trinajstić information content (AvgIpc) is 2.93. The molecule has 0 spiro atoms. The van der Waals surface area contributed by atoms with Crippen LogP contribution in [-0.2, 0) is 0 Å². The van der Waals surface area contributed by atoms with Gasteiger partial charge in [-0.2, -0.15) is 0 Å². The number of hydrogen-bond donors (Lipinski definition) is 0. The van der Waals surface area contributed by atoms with Gasteiger partial charge in [-0.1, -0.05) is 115 Å². The first-order valence-electron chi connectivity index (χ1n) is 11.7. The summed E-state index contributed by atoms with van der Waals surface area (Å²) in [6.07, 6.45) is 3.32. The molecule has 0 saturated carbocycles. The SMILES string of the molecule is C(=C(/C[P+](c1ccccc1)(c1ccccc1)c1ccccc1)c1ccccc1)/c1ccccc1. The summed E-state index contributed by atoms with van der Waals surface area (Å²) in [4.78, 5) is 0. The highest BCUT2D eigenvalue weighted by atomic mass is 31.2. The van der Waals surface area contributed by atoms with E-state index in [9.17, 15) is 0 Å². The van der Waals surface area contributed by atoms with Crippen LogP contribution in [0.1, 0.15) is 11.1 Å². The number of allylic oxidation sites excluding steroid dienone is 1. The minimum Gasteiger partial charge on any atom is -0.0622 e. The van der Waals surface area contributed by atoms with Crippen molar-refractivity contribution in [3.8, 4) is 0 Å². The van der Waals surface area contributed by atoms with Crippen LogP contribution in [0.3, 0.4) is 0 Å². The van der Waals surface area contributed by atoms with Crippen molar-refractivity contribution in [3.05, 3.63) is 163 Å². The molecule has 0 aliphatic rings. The predicted octanol–water partition coefficient (Wildman–Crippen LogP) is 7.22. The minimum atomic E-state index is -1.98. The molecule has 0 unspecified atom stereocenters. The third-order valence-electron chi connectivity index (χ3n) is 6.28. The second-order valence-corrected chi connectivity index (χ2v) is 11.9. The van der Waals surface area contributed by atoms with E-state index in [0.717, 1.165) is 6.16 Å². The summed E-state index contributed by atoms with van der Waals surface area (Å²) in [6.45, 7) is 0. The maximum atomic E-state index is 2.37. The van der Waals surface area contributed by atoms with Crippen LogP contribution in [0.4, 0.5) is 0 Å². The second-order valence-electron chi connectivity index (χ2n) is 8.42. The van der Waals surface area contributed by atoms with E-state index in [1.54, 1.807) is 0 Å². The van der Waals surface area contributed by atoms with Crippen LogP contribution in [0.25, 0.3) is 11.6 Å². The molecule has 0 radical (unpaired) electrons. The fraction of sp³-hybridized carbons (Fsp3) is 0.0303. The quantitative estimate of drug-likeness (QED) is 0.179. The van der Waals surface area contributed by atoms with Crippen molar-refractivity contribution in [2.75, 3.05) is 6.16 Å². The van der Waals surface area contributed by atoms with E-state index in [1.807, 2.05) is 0 Å². The van der Waals surface area contributed by atoms with Crippen LogP contribution in [0.15, 0.2) is 152 Å². The van der Waals surface area contributed by atoms with Crippen molar-refractivity contribution < 1.29 is 0 Å². The summed E-state index contributed by atoms with van der Waals surface area (Å²) in [5, 5.41) is 4.21. The molecule has 0 aliphatic carbocycles. The first-order valence-corrected chi connectivity index (χ1v) is 13.7. The van der Waals surface area contributed by atoms with Crippen LogP contribution >= 0.6 is 7.26 Å². The Bertz CT molecular complexity index is 1230. The van der Waals surface area contributed by atoms with Gasteiger partial charge in [-0.25, -0.2) is 0 Å². The van der Waals surface area contributed by atoms with Gasteiger partial charge in [0.05, 0.1) is 6.16 Å². The lowest BCUT2D eigenvalue weighted by Gasteiger charge is -2.29. The first kappa shape index (κ1) is 22.1. The van der Waals surface area contributed by atoms with Gasteiger partial charge in [0.1, 0.15) is 23.2 Å². The third-order valence-corrected chi connectivity index (χ3v) is 10.6. The summed E-state index contributed by atoms with van der Waals surface area (Å²) >= 11 is 0. The highest BCUT2D eigenvalue weighted by molar-refractivity contribution is 7.96. The number of rotatable bonds is 7. The molecular formula is C33H28P+. The Morgan fingerprint density at radius 2 is 0.794 bits per heavy atom. The van der Waals surface area contributed by atoms with E-state index in [4.69, 9.17) is 0 Å². The number of benzene rings is 5. The third kappa shape index (κ3) is 4.65. The Labute approximate surface area is 203 Å². The van der Waals surface area contributed by atoms with Crippen LogP contribution in [0.2, 0.25) is 0 Å². The Balaban J connectivity index is 1.78. The van der Waals surface area contributed by atoms with Gasteiger partial charge in [0.15, 0.2) is 0 Å². The van der Waals surface area contributed by atoms with E-state index in [0.29, 0.717) is 0 Å². The number of hydrogen-bond acceptors (Lipinski definition) is 0. The second kappa shape index (κ2) is 10.5. The monoisotopic (exact) mass is 455 g/mol. The molecule has 0 heterocycles. The Kier molecular flexibility index (Phi) is 6.80. The molecule has 5 rings (SSSR count). The van der Waals surface area contributed by atoms with Crippen molar-refractivity contribution >= 4 is 34.8 Å². The van der Waals surface area contributed by atoms with Crippen molar-refractivity contribution in [2.24, 2.45) is 0 Å². The van der Waals surface area contributed by atoms with E-state index >= 15 is 0 Å². The van der Waals surface area contributed by atoms with Gasteiger partial charge < -0.3 is 0 Å². The minimum absolute atomic E-state index is 0.948. The lowest BCUT2D eigenvalue weighted by atomic mass is 10.0. The topological polar surface area (TPSA) is 0 Å². The molecule has 5 aromatic rings. The fourth-order valence-corrected chi connectivity index (χ4v) is 8.92. The lowest BCUT2D eigenvalue weighted by molar-refractivity contribution is 1.56. The van der Waals surface area contributed by atoms with Gasteiger partial charge in [-0.15, -0.1) is 0 Å². The molecule has 0 nitrogen and oxygen atoms in total. The molecular weight excluding hydrogens is 427 g/mol. The molecule has 0 aliphatic heterocycles. The predicted molar refractivity (Wildman–Crippen MR) is 151 cm³/mol. The molecule has 34 heavy (non-hydrogen) atoms. The molecule has 0 fully saturated rings. The largest absolute Gasteiger partial charge is 0.116 e. The van der Waals surface area contributed by atoms with Crippen molar-refractivity contribution in [3.63, 3.8) is 0 Å². The van der Waals surface area contributed by atoms with E-state index < -0.39 is 7.26 Å². The van der Waals surface area contributed by atoms with Crippen LogP contribution in [0.5, 0.6) is 0 Å². The van der Waals surface area contributed by atoms with Gasteiger partial charge >= 0.3 is 0 Å². The molecule has 5 aromatic carbocycles. The van der Waals surface area contributed by atoms with Crippen molar-refractivity contribution in [2.45, 2.75) is 0 Å². The smallest absolute Gasteiger partial charge is 0.0622 e. The van der Waals surface area contributed by atoms with Crippen LogP contribution in [-0.4, -0.2) is 6.16 Å². The Morgan fingerprint density at radius 3 is 1.21 bits per heavy atom. The molecule has 164 valence electrons. The summed E-state index contributed by atoms with van der Waals surface area (Å²) < 4.78 is 0. The van der Waals surface area contributed by atoms with E-state index in [1.165, 1.54) is 32.6 Å². The maximum Gasteiger partial charge on any atom is 0.116 e.